The molecular formula is C18H20N2O3S. The number of hydrogen-bond acceptors (Lipinski definition) is 3. The van der Waals surface area contributed by atoms with Crippen LogP contribution in [0.5, 0.6) is 0 Å². The number of rotatable bonds is 6. The SMILES string of the molecule is Cc1ccc(CS(=O)(=O)NCCc2ccc3c(c2)CC(=O)N3)cc1. The van der Waals surface area contributed by atoms with E-state index in [2.05, 4.69) is 10.0 Å². The van der Waals surface area contributed by atoms with Crippen molar-refractivity contribution in [3.05, 3.63) is 64.7 Å². The number of hydrogen-bond donors (Lipinski definition) is 2. The van der Waals surface area contributed by atoms with E-state index in [0.29, 0.717) is 19.4 Å². The molecule has 0 radical (unpaired) electrons. The molecule has 0 bridgehead atoms. The maximum absolute atomic E-state index is 12.1. The first-order chi connectivity index (χ1) is 11.4. The molecule has 2 aromatic rings. The summed E-state index contributed by atoms with van der Waals surface area (Å²) in [7, 11) is -3.35. The molecule has 3 rings (SSSR count). The smallest absolute Gasteiger partial charge is 0.228 e. The van der Waals surface area contributed by atoms with Crippen LogP contribution >= 0.6 is 0 Å². The highest BCUT2D eigenvalue weighted by Gasteiger charge is 2.17. The number of carbonyl (C=O) groups is 1. The van der Waals surface area contributed by atoms with Gasteiger partial charge in [-0.15, -0.1) is 0 Å². The highest BCUT2D eigenvalue weighted by molar-refractivity contribution is 7.88. The molecule has 0 spiro atoms. The lowest BCUT2D eigenvalue weighted by Crippen LogP contribution is -2.27. The Hall–Kier alpha value is -2.18. The summed E-state index contributed by atoms with van der Waals surface area (Å²) < 4.78 is 26.9. The van der Waals surface area contributed by atoms with E-state index in [1.54, 1.807) is 0 Å². The minimum absolute atomic E-state index is 0.000880. The van der Waals surface area contributed by atoms with Crippen LogP contribution in [-0.4, -0.2) is 20.9 Å². The van der Waals surface area contributed by atoms with Crippen molar-refractivity contribution in [2.45, 2.75) is 25.5 Å². The lowest BCUT2D eigenvalue weighted by molar-refractivity contribution is -0.115. The number of fused-ring (bicyclic) bond motifs is 1. The van der Waals surface area contributed by atoms with E-state index in [-0.39, 0.29) is 11.7 Å². The minimum Gasteiger partial charge on any atom is -0.326 e. The van der Waals surface area contributed by atoms with Crippen molar-refractivity contribution in [2.24, 2.45) is 0 Å². The minimum atomic E-state index is -3.35. The number of benzene rings is 2. The Kier molecular flexibility index (Phi) is 4.69. The number of nitrogens with one attached hydrogen (secondary N) is 2. The summed E-state index contributed by atoms with van der Waals surface area (Å²) in [5.41, 5.74) is 4.72. The molecule has 1 aliphatic heterocycles. The molecule has 6 heteroatoms. The van der Waals surface area contributed by atoms with Gasteiger partial charge in [-0.1, -0.05) is 42.0 Å². The summed E-state index contributed by atoms with van der Waals surface area (Å²) in [6.07, 6.45) is 0.983. The van der Waals surface area contributed by atoms with Gasteiger partial charge in [-0.2, -0.15) is 0 Å². The van der Waals surface area contributed by atoms with E-state index in [0.717, 1.165) is 27.9 Å². The molecule has 2 N–H and O–H groups in total. The van der Waals surface area contributed by atoms with Gasteiger partial charge in [0.15, 0.2) is 0 Å². The lowest BCUT2D eigenvalue weighted by Gasteiger charge is -2.08. The molecule has 0 aromatic heterocycles. The van der Waals surface area contributed by atoms with Gasteiger partial charge in [-0.25, -0.2) is 13.1 Å². The van der Waals surface area contributed by atoms with E-state index >= 15 is 0 Å². The molecule has 5 nitrogen and oxygen atoms in total. The number of anilines is 1. The van der Waals surface area contributed by atoms with Crippen LogP contribution in [0.3, 0.4) is 0 Å². The van der Waals surface area contributed by atoms with Crippen molar-refractivity contribution in [2.75, 3.05) is 11.9 Å². The molecule has 1 heterocycles. The van der Waals surface area contributed by atoms with Crippen molar-refractivity contribution < 1.29 is 13.2 Å². The molecular weight excluding hydrogens is 324 g/mol. The average molecular weight is 344 g/mol. The molecule has 1 aliphatic rings. The second kappa shape index (κ2) is 6.75. The molecule has 0 fully saturated rings. The standard InChI is InChI=1S/C18H20N2O3S/c1-13-2-4-15(5-3-13)12-24(22,23)19-9-8-14-6-7-17-16(10-14)11-18(21)20-17/h2-7,10,19H,8-9,11-12H2,1H3,(H,20,21). The Morgan fingerprint density at radius 2 is 1.79 bits per heavy atom. The first kappa shape index (κ1) is 16.7. The van der Waals surface area contributed by atoms with Gasteiger partial charge in [0.1, 0.15) is 0 Å². The van der Waals surface area contributed by atoms with E-state index < -0.39 is 10.0 Å². The fourth-order valence-corrected chi connectivity index (χ4v) is 3.89. The molecule has 0 saturated carbocycles. The Morgan fingerprint density at radius 3 is 2.54 bits per heavy atom. The highest BCUT2D eigenvalue weighted by atomic mass is 32.2. The summed E-state index contributed by atoms with van der Waals surface area (Å²) in [5, 5.41) is 2.79. The second-order valence-corrected chi connectivity index (χ2v) is 7.91. The van der Waals surface area contributed by atoms with Crippen molar-refractivity contribution in [1.82, 2.24) is 4.72 Å². The molecule has 126 valence electrons. The van der Waals surface area contributed by atoms with Gasteiger partial charge in [-0.05, 0) is 36.1 Å². The molecule has 2 aromatic carbocycles. The summed E-state index contributed by atoms with van der Waals surface area (Å²) >= 11 is 0. The Bertz CT molecular complexity index is 858. The summed E-state index contributed by atoms with van der Waals surface area (Å²) in [5.74, 6) is -0.0171. The van der Waals surface area contributed by atoms with Gasteiger partial charge in [0, 0.05) is 12.2 Å². The van der Waals surface area contributed by atoms with Crippen molar-refractivity contribution in [3.63, 3.8) is 0 Å². The fraction of sp³-hybridized carbons (Fsp3) is 0.278. The molecule has 1 amide bonds. The van der Waals surface area contributed by atoms with E-state index in [1.807, 2.05) is 49.4 Å². The zero-order valence-corrected chi connectivity index (χ0v) is 14.3. The van der Waals surface area contributed by atoms with E-state index in [4.69, 9.17) is 0 Å². The Labute approximate surface area is 142 Å². The molecule has 0 aliphatic carbocycles. The maximum Gasteiger partial charge on any atom is 0.228 e. The first-order valence-electron chi connectivity index (χ1n) is 7.86. The molecule has 24 heavy (non-hydrogen) atoms. The van der Waals surface area contributed by atoms with E-state index in [9.17, 15) is 13.2 Å². The van der Waals surface area contributed by atoms with Gasteiger partial charge in [0.05, 0.1) is 12.2 Å². The third-order valence-corrected chi connectivity index (χ3v) is 5.37. The van der Waals surface area contributed by atoms with E-state index in [1.165, 1.54) is 0 Å². The number of aryl methyl sites for hydroxylation is 1. The molecule has 0 atom stereocenters. The van der Waals surface area contributed by atoms with Gasteiger partial charge in [0.2, 0.25) is 15.9 Å². The maximum atomic E-state index is 12.1. The van der Waals surface area contributed by atoms with Crippen LogP contribution in [0, 0.1) is 6.92 Å². The largest absolute Gasteiger partial charge is 0.326 e. The van der Waals surface area contributed by atoms with Crippen LogP contribution in [-0.2, 0) is 33.4 Å². The van der Waals surface area contributed by atoms with Crippen molar-refractivity contribution >= 4 is 21.6 Å². The van der Waals surface area contributed by atoms with Crippen LogP contribution < -0.4 is 10.0 Å². The van der Waals surface area contributed by atoms with Gasteiger partial charge >= 0.3 is 0 Å². The van der Waals surface area contributed by atoms with Crippen LogP contribution in [0.1, 0.15) is 22.3 Å². The number of carbonyl (C=O) groups excluding carboxylic acids is 1. The Balaban J connectivity index is 1.55. The van der Waals surface area contributed by atoms with Crippen LogP contribution in [0.25, 0.3) is 0 Å². The van der Waals surface area contributed by atoms with Crippen molar-refractivity contribution in [1.29, 1.82) is 0 Å². The third-order valence-electron chi connectivity index (χ3n) is 4.01. The summed E-state index contributed by atoms with van der Waals surface area (Å²) in [6, 6.07) is 13.2. The zero-order valence-electron chi connectivity index (χ0n) is 13.5. The van der Waals surface area contributed by atoms with Gasteiger partial charge in [0.25, 0.3) is 0 Å². The highest BCUT2D eigenvalue weighted by Crippen LogP contribution is 2.23. The first-order valence-corrected chi connectivity index (χ1v) is 9.51. The normalized spacial score (nSPS) is 13.6. The molecule has 0 unspecified atom stereocenters. The predicted octanol–water partition coefficient (Wildman–Crippen LogP) is 2.15. The Morgan fingerprint density at radius 1 is 1.08 bits per heavy atom. The zero-order chi connectivity index (χ0) is 17.2. The molecule has 0 saturated heterocycles. The fourth-order valence-electron chi connectivity index (χ4n) is 2.74. The lowest BCUT2D eigenvalue weighted by atomic mass is 10.1. The van der Waals surface area contributed by atoms with Gasteiger partial charge < -0.3 is 5.32 Å². The average Bonchev–Trinajstić information content (AvgIpc) is 2.88. The van der Waals surface area contributed by atoms with Crippen LogP contribution in [0.4, 0.5) is 5.69 Å². The van der Waals surface area contributed by atoms with Crippen molar-refractivity contribution in [3.8, 4) is 0 Å². The topological polar surface area (TPSA) is 75.3 Å². The summed E-state index contributed by atoms with van der Waals surface area (Å²) in [6.45, 7) is 2.31. The van der Waals surface area contributed by atoms with Gasteiger partial charge in [-0.3, -0.25) is 4.79 Å². The summed E-state index contributed by atoms with van der Waals surface area (Å²) in [4.78, 5) is 11.3. The van der Waals surface area contributed by atoms with Crippen LogP contribution in [0.2, 0.25) is 0 Å². The monoisotopic (exact) mass is 344 g/mol. The quantitative estimate of drug-likeness (QED) is 0.843. The predicted molar refractivity (Wildman–Crippen MR) is 94.3 cm³/mol. The van der Waals surface area contributed by atoms with Crippen LogP contribution in [0.15, 0.2) is 42.5 Å². The number of sulfonamides is 1. The second-order valence-electron chi connectivity index (χ2n) is 6.11. The number of amides is 1. The third kappa shape index (κ3) is 4.21.